The van der Waals surface area contributed by atoms with Crippen LogP contribution < -0.4 is 0 Å². The van der Waals surface area contributed by atoms with Crippen LogP contribution in [0.15, 0.2) is 65.7 Å². The Morgan fingerprint density at radius 3 is 2.42 bits per heavy atom. The molecule has 0 aliphatic heterocycles. The Bertz CT molecular complexity index is 973. The molecule has 0 radical (unpaired) electrons. The first kappa shape index (κ1) is 15.4. The largest absolute Gasteiger partial charge is 0.361 e. The van der Waals surface area contributed by atoms with Gasteiger partial charge in [-0.05, 0) is 36.6 Å². The zero-order valence-corrected chi connectivity index (χ0v) is 14.4. The number of aromatic nitrogens is 1. The quantitative estimate of drug-likeness (QED) is 0.772. The van der Waals surface area contributed by atoms with Gasteiger partial charge in [0.2, 0.25) is 10.0 Å². The number of hydrogen-bond donors (Lipinski definition) is 1. The molecule has 1 fully saturated rings. The van der Waals surface area contributed by atoms with Crippen LogP contribution in [0, 0.1) is 0 Å². The van der Waals surface area contributed by atoms with Crippen molar-refractivity contribution in [2.75, 3.05) is 13.6 Å². The normalized spacial score (nSPS) is 16.6. The number of fused-ring (bicyclic) bond motifs is 1. The van der Waals surface area contributed by atoms with Crippen molar-refractivity contribution in [3.05, 3.63) is 66.4 Å². The van der Waals surface area contributed by atoms with Gasteiger partial charge in [0.1, 0.15) is 0 Å². The second kappa shape index (κ2) is 5.46. The SMILES string of the molecule is CN(CC1(c2c[nH]c3ccccc23)CC1)S(=O)(=O)c1ccccc1. The molecule has 0 atom stereocenters. The number of hydrogen-bond acceptors (Lipinski definition) is 2. The maximum atomic E-state index is 12.8. The molecule has 1 heterocycles. The summed E-state index contributed by atoms with van der Waals surface area (Å²) in [5.74, 6) is 0. The number of para-hydroxylation sites is 1. The lowest BCUT2D eigenvalue weighted by molar-refractivity contribution is 0.428. The third kappa shape index (κ3) is 2.44. The van der Waals surface area contributed by atoms with Crippen molar-refractivity contribution < 1.29 is 8.42 Å². The molecular formula is C19H20N2O2S. The number of nitrogens with one attached hydrogen (secondary N) is 1. The number of benzene rings is 2. The fourth-order valence-electron chi connectivity index (χ4n) is 3.46. The van der Waals surface area contributed by atoms with Crippen molar-refractivity contribution in [1.29, 1.82) is 0 Å². The summed E-state index contributed by atoms with van der Waals surface area (Å²) in [6.45, 7) is 0.506. The van der Waals surface area contributed by atoms with Crippen LogP contribution in [0.5, 0.6) is 0 Å². The van der Waals surface area contributed by atoms with Gasteiger partial charge in [0.15, 0.2) is 0 Å². The van der Waals surface area contributed by atoms with Crippen molar-refractivity contribution in [1.82, 2.24) is 9.29 Å². The van der Waals surface area contributed by atoms with Gasteiger partial charge in [0.25, 0.3) is 0 Å². The van der Waals surface area contributed by atoms with Gasteiger partial charge in [0, 0.05) is 36.1 Å². The lowest BCUT2D eigenvalue weighted by Gasteiger charge is -2.23. The predicted octanol–water partition coefficient (Wildman–Crippen LogP) is 3.52. The van der Waals surface area contributed by atoms with Crippen molar-refractivity contribution in [3.8, 4) is 0 Å². The van der Waals surface area contributed by atoms with E-state index in [9.17, 15) is 8.42 Å². The monoisotopic (exact) mass is 340 g/mol. The summed E-state index contributed by atoms with van der Waals surface area (Å²) in [4.78, 5) is 3.66. The van der Waals surface area contributed by atoms with E-state index in [2.05, 4.69) is 17.1 Å². The Kier molecular flexibility index (Phi) is 3.51. The molecule has 4 rings (SSSR count). The minimum Gasteiger partial charge on any atom is -0.361 e. The zero-order chi connectivity index (χ0) is 16.8. The van der Waals surface area contributed by atoms with Gasteiger partial charge in [-0.3, -0.25) is 0 Å². The molecule has 5 heteroatoms. The third-order valence-corrected chi connectivity index (χ3v) is 6.81. The summed E-state index contributed by atoms with van der Waals surface area (Å²) in [7, 11) is -1.78. The number of nitrogens with zero attached hydrogens (tertiary/aromatic N) is 1. The van der Waals surface area contributed by atoms with Crippen LogP contribution in [-0.4, -0.2) is 31.3 Å². The number of H-pyrrole nitrogens is 1. The highest BCUT2D eigenvalue weighted by molar-refractivity contribution is 7.89. The Hall–Kier alpha value is -2.11. The molecule has 1 aliphatic rings. The van der Waals surface area contributed by atoms with E-state index in [0.29, 0.717) is 11.4 Å². The summed E-state index contributed by atoms with van der Waals surface area (Å²) in [6, 6.07) is 16.8. The van der Waals surface area contributed by atoms with E-state index in [1.165, 1.54) is 15.3 Å². The van der Waals surface area contributed by atoms with Gasteiger partial charge < -0.3 is 4.98 Å². The van der Waals surface area contributed by atoms with Crippen LogP contribution in [-0.2, 0) is 15.4 Å². The minimum atomic E-state index is -3.45. The van der Waals surface area contributed by atoms with Crippen LogP contribution >= 0.6 is 0 Å². The summed E-state index contributed by atoms with van der Waals surface area (Å²) >= 11 is 0. The van der Waals surface area contributed by atoms with Gasteiger partial charge in [-0.1, -0.05) is 36.4 Å². The third-order valence-electron chi connectivity index (χ3n) is 4.99. The fraction of sp³-hybridized carbons (Fsp3) is 0.263. The molecule has 3 aromatic rings. The number of rotatable bonds is 5. The molecule has 1 saturated carbocycles. The zero-order valence-electron chi connectivity index (χ0n) is 13.6. The van der Waals surface area contributed by atoms with Crippen molar-refractivity contribution in [2.45, 2.75) is 23.2 Å². The lowest BCUT2D eigenvalue weighted by atomic mass is 9.95. The second-order valence-electron chi connectivity index (χ2n) is 6.60. The van der Waals surface area contributed by atoms with Crippen LogP contribution in [0.2, 0.25) is 0 Å². The van der Waals surface area contributed by atoms with Crippen LogP contribution in [0.3, 0.4) is 0 Å². The molecule has 0 spiro atoms. The smallest absolute Gasteiger partial charge is 0.242 e. The first-order chi connectivity index (χ1) is 11.5. The van der Waals surface area contributed by atoms with E-state index in [-0.39, 0.29) is 5.41 Å². The van der Waals surface area contributed by atoms with E-state index in [1.54, 1.807) is 31.3 Å². The summed E-state index contributed by atoms with van der Waals surface area (Å²) in [5.41, 5.74) is 2.26. The molecule has 0 amide bonds. The van der Waals surface area contributed by atoms with Crippen LogP contribution in [0.4, 0.5) is 0 Å². The molecule has 0 unspecified atom stereocenters. The van der Waals surface area contributed by atoms with Crippen molar-refractivity contribution in [3.63, 3.8) is 0 Å². The highest BCUT2D eigenvalue weighted by Gasteiger charge is 2.47. The van der Waals surface area contributed by atoms with E-state index in [1.807, 2.05) is 24.4 Å². The maximum absolute atomic E-state index is 12.8. The number of sulfonamides is 1. The van der Waals surface area contributed by atoms with Gasteiger partial charge >= 0.3 is 0 Å². The summed E-state index contributed by atoms with van der Waals surface area (Å²) in [5, 5.41) is 1.19. The van der Waals surface area contributed by atoms with Crippen molar-refractivity contribution in [2.24, 2.45) is 0 Å². The van der Waals surface area contributed by atoms with E-state index in [0.717, 1.165) is 18.4 Å². The van der Waals surface area contributed by atoms with Gasteiger partial charge in [-0.15, -0.1) is 0 Å². The first-order valence-electron chi connectivity index (χ1n) is 8.11. The van der Waals surface area contributed by atoms with E-state index < -0.39 is 10.0 Å². The molecule has 1 N–H and O–H groups in total. The average molecular weight is 340 g/mol. The molecular weight excluding hydrogens is 320 g/mol. The minimum absolute atomic E-state index is 0.0732. The second-order valence-corrected chi connectivity index (χ2v) is 8.65. The molecule has 124 valence electrons. The maximum Gasteiger partial charge on any atom is 0.242 e. The fourth-order valence-corrected chi connectivity index (χ4v) is 4.74. The highest BCUT2D eigenvalue weighted by Crippen LogP contribution is 2.51. The molecule has 4 nitrogen and oxygen atoms in total. The van der Waals surface area contributed by atoms with Crippen LogP contribution in [0.1, 0.15) is 18.4 Å². The van der Waals surface area contributed by atoms with Gasteiger partial charge in [-0.2, -0.15) is 0 Å². The average Bonchev–Trinajstić information content (AvgIpc) is 3.24. The molecule has 24 heavy (non-hydrogen) atoms. The van der Waals surface area contributed by atoms with Crippen LogP contribution in [0.25, 0.3) is 10.9 Å². The highest BCUT2D eigenvalue weighted by atomic mass is 32.2. The standard InChI is InChI=1S/C19H20N2O2S/c1-21(24(22,23)15-7-3-2-4-8-15)14-19(11-12-19)17-13-20-18-10-6-5-9-16(17)18/h2-10,13,20H,11-12,14H2,1H3. The molecule has 2 aromatic carbocycles. The molecule has 0 bridgehead atoms. The van der Waals surface area contributed by atoms with E-state index >= 15 is 0 Å². The summed E-state index contributed by atoms with van der Waals surface area (Å²) in [6.07, 6.45) is 4.08. The molecule has 1 aliphatic carbocycles. The lowest BCUT2D eigenvalue weighted by Crippen LogP contribution is -2.34. The molecule has 1 aromatic heterocycles. The number of aromatic amines is 1. The Balaban J connectivity index is 1.65. The van der Waals surface area contributed by atoms with Gasteiger partial charge in [-0.25, -0.2) is 12.7 Å². The molecule has 0 saturated heterocycles. The Labute approximate surface area is 142 Å². The predicted molar refractivity (Wildman–Crippen MR) is 95.5 cm³/mol. The Morgan fingerprint density at radius 1 is 1.04 bits per heavy atom. The first-order valence-corrected chi connectivity index (χ1v) is 9.55. The number of likely N-dealkylation sites (N-methyl/N-ethyl adjacent to an activating group) is 1. The van der Waals surface area contributed by atoms with Gasteiger partial charge in [0.05, 0.1) is 4.90 Å². The Morgan fingerprint density at radius 2 is 1.71 bits per heavy atom. The topological polar surface area (TPSA) is 53.2 Å². The van der Waals surface area contributed by atoms with E-state index in [4.69, 9.17) is 0 Å². The summed E-state index contributed by atoms with van der Waals surface area (Å²) < 4.78 is 27.1. The van der Waals surface area contributed by atoms with Crippen molar-refractivity contribution >= 4 is 20.9 Å².